The average molecular weight is 345 g/mol. The van der Waals surface area contributed by atoms with Crippen molar-refractivity contribution in [3.05, 3.63) is 16.7 Å². The molecule has 2 saturated heterocycles. The predicted octanol–water partition coefficient (Wildman–Crippen LogP) is -1.52. The molecule has 2 aliphatic heterocycles. The Hall–Kier alpha value is -1.82. The molecule has 0 radical (unpaired) electrons. The van der Waals surface area contributed by atoms with E-state index in [9.17, 15) is 19.4 Å². The molecule has 4 rings (SSSR count). The quantitative estimate of drug-likeness (QED) is 0.444. The number of hydrogen-bond acceptors (Lipinski definition) is 9. The summed E-state index contributed by atoms with van der Waals surface area (Å²) in [6, 6.07) is 0. The lowest BCUT2D eigenvalue weighted by Crippen LogP contribution is -2.39. The zero-order valence-electron chi connectivity index (χ0n) is 11.4. The summed E-state index contributed by atoms with van der Waals surface area (Å²) in [5, 5.41) is 10.4. The van der Waals surface area contributed by atoms with Crippen LogP contribution in [0.1, 0.15) is 6.23 Å². The number of nitrogens with zero attached hydrogens (tertiary/aromatic N) is 3. The molecule has 2 aromatic rings. The van der Waals surface area contributed by atoms with E-state index in [1.54, 1.807) is 0 Å². The van der Waals surface area contributed by atoms with Gasteiger partial charge in [0.05, 0.1) is 12.9 Å². The summed E-state index contributed by atoms with van der Waals surface area (Å²) in [5.74, 6) is -0.117. The van der Waals surface area contributed by atoms with Crippen molar-refractivity contribution in [2.24, 2.45) is 0 Å². The topological polar surface area (TPSA) is 175 Å². The molecule has 12 nitrogen and oxygen atoms in total. The van der Waals surface area contributed by atoms with Crippen LogP contribution in [-0.2, 0) is 18.3 Å². The van der Waals surface area contributed by atoms with Gasteiger partial charge in [-0.2, -0.15) is 4.98 Å². The predicted molar refractivity (Wildman–Crippen MR) is 73.1 cm³/mol. The van der Waals surface area contributed by atoms with Gasteiger partial charge in [-0.15, -0.1) is 0 Å². The largest absolute Gasteiger partial charge is 0.472 e. The molecule has 2 aromatic heterocycles. The third kappa shape index (κ3) is 2.27. The zero-order valence-corrected chi connectivity index (χ0v) is 12.3. The van der Waals surface area contributed by atoms with Crippen LogP contribution in [0.4, 0.5) is 5.95 Å². The smallest absolute Gasteiger partial charge is 0.386 e. The minimum Gasteiger partial charge on any atom is -0.386 e. The van der Waals surface area contributed by atoms with Crippen molar-refractivity contribution in [1.82, 2.24) is 19.5 Å². The molecule has 23 heavy (non-hydrogen) atoms. The number of rotatable bonds is 1. The highest BCUT2D eigenvalue weighted by Crippen LogP contribution is 2.52. The van der Waals surface area contributed by atoms with Crippen LogP contribution in [0.5, 0.6) is 0 Å². The Kier molecular flexibility index (Phi) is 3.10. The molecule has 5 atom stereocenters. The summed E-state index contributed by atoms with van der Waals surface area (Å²) in [7, 11) is -4.22. The number of fused-ring (bicyclic) bond motifs is 2. The number of phosphoric acid groups is 1. The lowest BCUT2D eigenvalue weighted by atomic mass is 10.1. The summed E-state index contributed by atoms with van der Waals surface area (Å²) < 4.78 is 27.9. The van der Waals surface area contributed by atoms with Crippen molar-refractivity contribution in [2.45, 2.75) is 24.5 Å². The highest BCUT2D eigenvalue weighted by molar-refractivity contribution is 7.47. The third-order valence-corrected chi connectivity index (χ3v) is 4.68. The van der Waals surface area contributed by atoms with Gasteiger partial charge in [-0.1, -0.05) is 0 Å². The maximum atomic E-state index is 11.8. The summed E-state index contributed by atoms with van der Waals surface area (Å²) in [6.45, 7) is -0.214. The van der Waals surface area contributed by atoms with Gasteiger partial charge in [-0.05, 0) is 0 Å². The number of anilines is 1. The average Bonchev–Trinajstić information content (AvgIpc) is 3.00. The van der Waals surface area contributed by atoms with E-state index in [1.165, 1.54) is 10.9 Å². The first kappa shape index (κ1) is 14.8. The van der Waals surface area contributed by atoms with Crippen LogP contribution in [0.3, 0.4) is 0 Å². The Labute approximate surface area is 127 Å². The van der Waals surface area contributed by atoms with Crippen LogP contribution in [0.25, 0.3) is 11.2 Å². The van der Waals surface area contributed by atoms with E-state index in [2.05, 4.69) is 19.5 Å². The first-order valence-corrected chi connectivity index (χ1v) is 8.07. The molecule has 0 bridgehead atoms. The van der Waals surface area contributed by atoms with Crippen molar-refractivity contribution in [3.63, 3.8) is 0 Å². The van der Waals surface area contributed by atoms with Gasteiger partial charge in [0, 0.05) is 0 Å². The van der Waals surface area contributed by atoms with Crippen LogP contribution in [0.2, 0.25) is 0 Å². The van der Waals surface area contributed by atoms with E-state index in [0.29, 0.717) is 0 Å². The fourth-order valence-electron chi connectivity index (χ4n) is 2.69. The number of nitrogens with one attached hydrogen (secondary N) is 1. The molecule has 1 unspecified atom stereocenters. The van der Waals surface area contributed by atoms with Gasteiger partial charge >= 0.3 is 7.82 Å². The minimum atomic E-state index is -4.22. The minimum absolute atomic E-state index is 0.0230. The third-order valence-electron chi connectivity index (χ3n) is 3.69. The van der Waals surface area contributed by atoms with Crippen molar-refractivity contribution >= 4 is 24.9 Å². The summed E-state index contributed by atoms with van der Waals surface area (Å²) in [5.41, 5.74) is 5.12. The van der Waals surface area contributed by atoms with Gasteiger partial charge in [0.15, 0.2) is 17.4 Å². The maximum absolute atomic E-state index is 11.8. The van der Waals surface area contributed by atoms with Gasteiger partial charge in [0.1, 0.15) is 18.3 Å². The van der Waals surface area contributed by atoms with Crippen molar-refractivity contribution in [1.29, 1.82) is 0 Å². The Morgan fingerprint density at radius 2 is 2.30 bits per heavy atom. The summed E-state index contributed by atoms with van der Waals surface area (Å²) >= 11 is 0. The number of ether oxygens (including phenoxy) is 1. The van der Waals surface area contributed by atoms with Gasteiger partial charge in [0.2, 0.25) is 5.95 Å². The van der Waals surface area contributed by atoms with Gasteiger partial charge in [-0.25, -0.2) is 9.55 Å². The number of imidazole rings is 1. The monoisotopic (exact) mass is 345 g/mol. The number of aromatic nitrogens is 4. The number of nitrogen functional groups attached to an aromatic ring is 1. The number of aliphatic hydroxyl groups excluding tert-OH is 1. The Morgan fingerprint density at radius 3 is 3.09 bits per heavy atom. The van der Waals surface area contributed by atoms with E-state index in [-0.39, 0.29) is 23.7 Å². The van der Waals surface area contributed by atoms with Crippen molar-refractivity contribution < 1.29 is 28.3 Å². The second-order valence-corrected chi connectivity index (χ2v) is 6.57. The van der Waals surface area contributed by atoms with E-state index in [4.69, 9.17) is 15.0 Å². The number of hydrogen-bond donors (Lipinski definition) is 4. The van der Waals surface area contributed by atoms with E-state index >= 15 is 0 Å². The fraction of sp³-hybridized carbons (Fsp3) is 0.500. The van der Waals surface area contributed by atoms with Gasteiger partial charge in [-0.3, -0.25) is 23.4 Å². The normalized spacial score (nSPS) is 37.1. The second kappa shape index (κ2) is 4.84. The van der Waals surface area contributed by atoms with Crippen LogP contribution in [0.15, 0.2) is 11.1 Å². The molecule has 0 spiro atoms. The maximum Gasteiger partial charge on any atom is 0.472 e. The first-order chi connectivity index (χ1) is 10.9. The van der Waals surface area contributed by atoms with E-state index < -0.39 is 37.9 Å². The standard InChI is InChI=1S/C10H12N5O7P/c11-10-13-7-4(8(17)14-10)12-2-15(7)9-5(16)6-3(21-9)1-20-23(18,19)22-6/h2-3,5-6,9,16H,1H2,(H,18,19)(H3,11,13,14,17)/t3-,5+,6-,9+/m0/s1. The van der Waals surface area contributed by atoms with Crippen LogP contribution in [-0.4, -0.2) is 54.4 Å². The number of nitrogens with two attached hydrogens (primary N) is 1. The highest BCUT2D eigenvalue weighted by atomic mass is 31.2. The molecule has 0 amide bonds. The van der Waals surface area contributed by atoms with E-state index in [0.717, 1.165) is 0 Å². The summed E-state index contributed by atoms with van der Waals surface area (Å²) in [4.78, 5) is 31.3. The molecular formula is C10H12N5O7P. The fourth-order valence-corrected chi connectivity index (χ4v) is 3.66. The Bertz CT molecular complexity index is 880. The molecule has 0 aliphatic carbocycles. The molecule has 124 valence electrons. The highest BCUT2D eigenvalue weighted by Gasteiger charge is 2.52. The van der Waals surface area contributed by atoms with Crippen molar-refractivity contribution in [2.75, 3.05) is 12.3 Å². The molecule has 4 heterocycles. The number of H-pyrrole nitrogens is 1. The first-order valence-electron chi connectivity index (χ1n) is 6.57. The molecule has 0 aromatic carbocycles. The summed E-state index contributed by atoms with van der Waals surface area (Å²) in [6.07, 6.45) is -2.85. The lowest BCUT2D eigenvalue weighted by molar-refractivity contribution is -0.0664. The molecule has 13 heteroatoms. The van der Waals surface area contributed by atoms with Gasteiger partial charge < -0.3 is 20.5 Å². The lowest BCUT2D eigenvalue weighted by Gasteiger charge is -2.27. The molecule has 2 fully saturated rings. The van der Waals surface area contributed by atoms with Gasteiger partial charge in [0.25, 0.3) is 5.56 Å². The zero-order chi connectivity index (χ0) is 16.4. The van der Waals surface area contributed by atoms with E-state index in [1.807, 2.05) is 0 Å². The molecule has 2 aliphatic rings. The Morgan fingerprint density at radius 1 is 1.52 bits per heavy atom. The van der Waals surface area contributed by atoms with Crippen LogP contribution >= 0.6 is 7.82 Å². The van der Waals surface area contributed by atoms with Crippen molar-refractivity contribution in [3.8, 4) is 0 Å². The SMILES string of the molecule is Nc1nc2c(ncn2[C@@H]2O[C@H]3COP(=O)(O)O[C@@H]3[C@H]2O)c(=O)[nH]1. The molecular weight excluding hydrogens is 333 g/mol. The van der Waals surface area contributed by atoms with Crippen LogP contribution < -0.4 is 11.3 Å². The number of phosphoric ester groups is 1. The number of aromatic amines is 1. The Balaban J connectivity index is 1.75. The van der Waals surface area contributed by atoms with Crippen LogP contribution in [0, 0.1) is 0 Å². The second-order valence-electron chi connectivity index (χ2n) is 5.17. The number of aliphatic hydroxyl groups is 1. The molecule has 0 saturated carbocycles. The molecule has 5 N–H and O–H groups in total.